The molecule has 0 aromatic heterocycles. The topological polar surface area (TPSA) is 140 Å². The van der Waals surface area contributed by atoms with E-state index in [0.29, 0.717) is 51.6 Å². The van der Waals surface area contributed by atoms with Gasteiger partial charge in [-0.15, -0.1) is 0 Å². The zero-order valence-corrected chi connectivity index (χ0v) is 26.7. The first kappa shape index (κ1) is 34.2. The number of aliphatic hydroxyl groups is 3. The molecule has 0 radical (unpaired) electrons. The Morgan fingerprint density at radius 1 is 0.814 bits per heavy atom. The number of hydrogen-bond acceptors (Lipinski definition) is 9. The Hall–Kier alpha value is -1.71. The smallest absolute Gasteiger partial charge is 0.312 e. The Labute approximate surface area is 257 Å². The maximum atomic E-state index is 13.5. The summed E-state index contributed by atoms with van der Waals surface area (Å²) in [7, 11) is 0. The first-order valence-corrected chi connectivity index (χ1v) is 17.0. The summed E-state index contributed by atoms with van der Waals surface area (Å²) in [6.07, 6.45) is 11.1. The van der Waals surface area contributed by atoms with Crippen LogP contribution in [0.1, 0.15) is 130 Å². The molecular formula is C34H56O9. The van der Waals surface area contributed by atoms with Crippen LogP contribution in [0.2, 0.25) is 0 Å². The molecule has 4 fully saturated rings. The second-order valence-electron chi connectivity index (χ2n) is 14.9. The third-order valence-electron chi connectivity index (χ3n) is 10.9. The van der Waals surface area contributed by atoms with Gasteiger partial charge in [-0.2, -0.15) is 0 Å². The third-order valence-corrected chi connectivity index (χ3v) is 10.9. The molecule has 4 bridgehead atoms. The van der Waals surface area contributed by atoms with E-state index in [1.54, 1.807) is 13.8 Å². The van der Waals surface area contributed by atoms with E-state index in [1.165, 1.54) is 0 Å². The first-order valence-electron chi connectivity index (χ1n) is 17.0. The number of carbonyl (C=O) groups is 3. The number of esters is 3. The maximum absolute atomic E-state index is 13.5. The SMILES string of the molecule is CCCCOC(=O)C12CCCC(CC(CCO)(OC(=O)C(C)CC(C)C(=O)OC3(CCO)CC4CCCC(O)(C4)C3)C1)C2. The van der Waals surface area contributed by atoms with Gasteiger partial charge in [0, 0.05) is 38.9 Å². The van der Waals surface area contributed by atoms with Crippen molar-refractivity contribution < 1.29 is 43.9 Å². The lowest BCUT2D eigenvalue weighted by molar-refractivity contribution is -0.195. The molecule has 0 amide bonds. The zero-order chi connectivity index (χ0) is 31.3. The van der Waals surface area contributed by atoms with Crippen LogP contribution in [0.3, 0.4) is 0 Å². The normalized spacial score (nSPS) is 36.7. The third kappa shape index (κ3) is 8.12. The van der Waals surface area contributed by atoms with Crippen molar-refractivity contribution in [2.24, 2.45) is 29.1 Å². The summed E-state index contributed by atoms with van der Waals surface area (Å²) in [6.45, 7) is 5.64. The number of hydrogen-bond donors (Lipinski definition) is 3. The van der Waals surface area contributed by atoms with E-state index in [4.69, 9.17) is 14.2 Å². The van der Waals surface area contributed by atoms with Crippen molar-refractivity contribution in [3.8, 4) is 0 Å². The molecule has 0 aliphatic heterocycles. The highest BCUT2D eigenvalue weighted by Crippen LogP contribution is 2.55. The minimum absolute atomic E-state index is 0.130. The fourth-order valence-corrected chi connectivity index (χ4v) is 9.15. The maximum Gasteiger partial charge on any atom is 0.312 e. The molecule has 3 N–H and O–H groups in total. The van der Waals surface area contributed by atoms with Gasteiger partial charge in [-0.1, -0.05) is 52.9 Å². The van der Waals surface area contributed by atoms with Crippen molar-refractivity contribution in [3.63, 3.8) is 0 Å². The number of rotatable bonds is 14. The molecule has 0 spiro atoms. The van der Waals surface area contributed by atoms with Gasteiger partial charge in [-0.05, 0) is 63.2 Å². The number of unbranched alkanes of at least 4 members (excludes halogenated alkanes) is 1. The average molecular weight is 609 g/mol. The zero-order valence-electron chi connectivity index (χ0n) is 26.7. The molecule has 4 aliphatic carbocycles. The van der Waals surface area contributed by atoms with E-state index in [9.17, 15) is 29.7 Å². The van der Waals surface area contributed by atoms with E-state index in [2.05, 4.69) is 6.92 Å². The van der Waals surface area contributed by atoms with Gasteiger partial charge in [-0.3, -0.25) is 14.4 Å². The fraction of sp³-hybridized carbons (Fsp3) is 0.912. The molecule has 0 aromatic carbocycles. The number of ether oxygens (including phenoxy) is 3. The molecule has 0 saturated heterocycles. The molecule has 8 atom stereocenters. The van der Waals surface area contributed by atoms with Crippen molar-refractivity contribution >= 4 is 17.9 Å². The van der Waals surface area contributed by atoms with Crippen LogP contribution < -0.4 is 0 Å². The van der Waals surface area contributed by atoms with Gasteiger partial charge in [0.25, 0.3) is 0 Å². The first-order chi connectivity index (χ1) is 20.4. The van der Waals surface area contributed by atoms with E-state index in [0.717, 1.165) is 44.9 Å². The summed E-state index contributed by atoms with van der Waals surface area (Å²) in [5.74, 6) is -1.78. The largest absolute Gasteiger partial charge is 0.465 e. The van der Waals surface area contributed by atoms with Crippen LogP contribution in [-0.4, -0.2) is 69.9 Å². The molecule has 4 saturated carbocycles. The van der Waals surface area contributed by atoms with Crippen molar-refractivity contribution in [2.75, 3.05) is 19.8 Å². The Kier molecular flexibility index (Phi) is 11.2. The van der Waals surface area contributed by atoms with Crippen molar-refractivity contribution in [1.29, 1.82) is 0 Å². The van der Waals surface area contributed by atoms with Crippen molar-refractivity contribution in [3.05, 3.63) is 0 Å². The predicted molar refractivity (Wildman–Crippen MR) is 160 cm³/mol. The van der Waals surface area contributed by atoms with Crippen LogP contribution in [0, 0.1) is 29.1 Å². The van der Waals surface area contributed by atoms with Gasteiger partial charge in [0.15, 0.2) is 0 Å². The molecule has 9 nitrogen and oxygen atoms in total. The lowest BCUT2D eigenvalue weighted by Crippen LogP contribution is -2.54. The Morgan fingerprint density at radius 3 is 1.93 bits per heavy atom. The number of aliphatic hydroxyl groups excluding tert-OH is 2. The average Bonchev–Trinajstić information content (AvgIpc) is 2.92. The van der Waals surface area contributed by atoms with E-state index in [1.807, 2.05) is 0 Å². The summed E-state index contributed by atoms with van der Waals surface area (Å²) in [5, 5.41) is 31.0. The summed E-state index contributed by atoms with van der Waals surface area (Å²) in [5.41, 5.74) is -3.41. The quantitative estimate of drug-likeness (QED) is 0.141. The molecular weight excluding hydrogens is 552 g/mol. The standard InChI is InChI=1S/C34H56O9/c1-4-5-16-41-30(39)31-10-6-8-26(18-31)20-33(22-31,12-14-35)42-28(37)24(2)17-25(3)29(38)43-34(13-15-36)21-27-9-7-11-32(40,19-27)23-34/h24-27,35-36,40H,4-23H2,1-3H3. The van der Waals surface area contributed by atoms with Crippen LogP contribution in [0.15, 0.2) is 0 Å². The molecule has 4 aliphatic rings. The summed E-state index contributed by atoms with van der Waals surface area (Å²) < 4.78 is 18.0. The van der Waals surface area contributed by atoms with Crippen LogP contribution in [0.5, 0.6) is 0 Å². The lowest BCUT2D eigenvalue weighted by atomic mass is 9.56. The molecule has 246 valence electrons. The van der Waals surface area contributed by atoms with Gasteiger partial charge >= 0.3 is 17.9 Å². The van der Waals surface area contributed by atoms with Crippen molar-refractivity contribution in [1.82, 2.24) is 0 Å². The number of carbonyl (C=O) groups excluding carboxylic acids is 3. The highest BCUT2D eigenvalue weighted by molar-refractivity contribution is 5.78. The lowest BCUT2D eigenvalue weighted by Gasteiger charge is -2.51. The van der Waals surface area contributed by atoms with E-state index < -0.39 is 46.0 Å². The highest BCUT2D eigenvalue weighted by atomic mass is 16.6. The summed E-state index contributed by atoms with van der Waals surface area (Å²) >= 11 is 0. The molecule has 8 unspecified atom stereocenters. The predicted octanol–water partition coefficient (Wildman–Crippen LogP) is 5.01. The molecule has 0 heterocycles. The second-order valence-corrected chi connectivity index (χ2v) is 14.9. The van der Waals surface area contributed by atoms with Crippen LogP contribution in [0.25, 0.3) is 0 Å². The van der Waals surface area contributed by atoms with Crippen LogP contribution in [-0.2, 0) is 28.6 Å². The summed E-state index contributed by atoms with van der Waals surface area (Å²) in [6, 6.07) is 0. The Morgan fingerprint density at radius 2 is 1.37 bits per heavy atom. The van der Waals surface area contributed by atoms with Gasteiger partial charge in [0.1, 0.15) is 11.2 Å². The summed E-state index contributed by atoms with van der Waals surface area (Å²) in [4.78, 5) is 40.3. The van der Waals surface area contributed by atoms with Gasteiger partial charge in [0.05, 0.1) is 29.5 Å². The van der Waals surface area contributed by atoms with E-state index >= 15 is 0 Å². The molecule has 43 heavy (non-hydrogen) atoms. The molecule has 4 rings (SSSR count). The minimum Gasteiger partial charge on any atom is -0.465 e. The monoisotopic (exact) mass is 608 g/mol. The molecule has 0 aromatic rings. The van der Waals surface area contributed by atoms with Crippen LogP contribution >= 0.6 is 0 Å². The van der Waals surface area contributed by atoms with E-state index in [-0.39, 0.29) is 50.3 Å². The Balaban J connectivity index is 1.40. The van der Waals surface area contributed by atoms with Gasteiger partial charge < -0.3 is 29.5 Å². The van der Waals surface area contributed by atoms with Crippen molar-refractivity contribution in [2.45, 2.75) is 147 Å². The van der Waals surface area contributed by atoms with Gasteiger partial charge in [-0.25, -0.2) is 0 Å². The number of fused-ring (bicyclic) bond motifs is 4. The second kappa shape index (κ2) is 14.2. The Bertz CT molecular complexity index is 985. The fourth-order valence-electron chi connectivity index (χ4n) is 9.15. The minimum atomic E-state index is -0.947. The van der Waals surface area contributed by atoms with Gasteiger partial charge in [0.2, 0.25) is 0 Å². The van der Waals surface area contributed by atoms with Crippen LogP contribution in [0.4, 0.5) is 0 Å². The highest BCUT2D eigenvalue weighted by Gasteiger charge is 2.56. The molecule has 9 heteroatoms.